The molecule has 1 aromatic heterocycles. The molecule has 0 N–H and O–H groups in total. The second-order valence-electron chi connectivity index (χ2n) is 6.51. The number of carbonyl (C=O) groups excluding carboxylic acids is 1. The highest BCUT2D eigenvalue weighted by atomic mass is 16.1. The van der Waals surface area contributed by atoms with E-state index < -0.39 is 5.54 Å². The molecule has 132 valence electrons. The molecule has 3 aromatic carbocycles. The fourth-order valence-electron chi connectivity index (χ4n) is 3.78. The van der Waals surface area contributed by atoms with Crippen LogP contribution in [0.5, 0.6) is 0 Å². The highest BCUT2D eigenvalue weighted by molar-refractivity contribution is 5.92. The van der Waals surface area contributed by atoms with E-state index in [0.717, 1.165) is 16.7 Å². The summed E-state index contributed by atoms with van der Waals surface area (Å²) in [5.74, 6) is -0.0142. The van der Waals surface area contributed by atoms with Crippen molar-refractivity contribution in [2.45, 2.75) is 12.5 Å². The van der Waals surface area contributed by atoms with Crippen LogP contribution in [0.1, 0.15) is 34.1 Å². The first-order chi connectivity index (χ1) is 13.2. The zero-order valence-electron chi connectivity index (χ0n) is 15.1. The van der Waals surface area contributed by atoms with E-state index in [9.17, 15) is 4.79 Å². The Balaban J connectivity index is 2.17. The lowest BCUT2D eigenvalue weighted by Gasteiger charge is -2.38. The Morgan fingerprint density at radius 2 is 1.15 bits per heavy atom. The van der Waals surface area contributed by atoms with Gasteiger partial charge in [0.2, 0.25) is 0 Å². The van der Waals surface area contributed by atoms with Crippen molar-refractivity contribution in [2.24, 2.45) is 0 Å². The number of benzene rings is 3. The van der Waals surface area contributed by atoms with Gasteiger partial charge in [-0.25, -0.2) is 4.98 Å². The molecule has 0 amide bonds. The van der Waals surface area contributed by atoms with Gasteiger partial charge in [-0.3, -0.25) is 4.79 Å². The van der Waals surface area contributed by atoms with Gasteiger partial charge in [0, 0.05) is 6.92 Å². The Kier molecular flexibility index (Phi) is 4.43. The quantitative estimate of drug-likeness (QED) is 0.377. The van der Waals surface area contributed by atoms with E-state index in [4.69, 9.17) is 0 Å². The van der Waals surface area contributed by atoms with Crippen LogP contribution in [0.4, 0.5) is 0 Å². The summed E-state index contributed by atoms with van der Waals surface area (Å²) in [6.07, 6.45) is 3.40. The average molecular weight is 352 g/mol. The molecule has 0 atom stereocenters. The lowest BCUT2D eigenvalue weighted by Crippen LogP contribution is -2.39. The molecule has 1 heterocycles. The van der Waals surface area contributed by atoms with Gasteiger partial charge < -0.3 is 4.57 Å². The van der Waals surface area contributed by atoms with Gasteiger partial charge in [0.15, 0.2) is 5.78 Å². The number of imidazole rings is 1. The summed E-state index contributed by atoms with van der Waals surface area (Å²) < 4.78 is 2.00. The summed E-state index contributed by atoms with van der Waals surface area (Å²) in [4.78, 5) is 16.7. The third-order valence-electron chi connectivity index (χ3n) is 4.94. The van der Waals surface area contributed by atoms with Crippen LogP contribution in [-0.4, -0.2) is 15.3 Å². The number of Topliss-reactive ketones (excluding diaryl/α,β-unsaturated/α-hetero) is 1. The maximum absolute atomic E-state index is 12.4. The topological polar surface area (TPSA) is 34.9 Å². The van der Waals surface area contributed by atoms with E-state index in [0.29, 0.717) is 5.69 Å². The molecule has 0 saturated carbocycles. The summed E-state index contributed by atoms with van der Waals surface area (Å²) in [5, 5.41) is 0. The standard InChI is InChI=1S/C24H20N2O/c1-19(27)23-17-25-18-26(23)24(20-11-5-2-6-12-20,21-13-7-3-8-14-21)22-15-9-4-10-16-22/h2-18H,1H3. The molecule has 0 spiro atoms. The SMILES string of the molecule is CC(=O)c1cncn1C(c1ccccc1)(c1ccccc1)c1ccccc1. The fraction of sp³-hybridized carbons (Fsp3) is 0.0833. The minimum Gasteiger partial charge on any atom is -0.309 e. The van der Waals surface area contributed by atoms with Gasteiger partial charge >= 0.3 is 0 Å². The molecule has 27 heavy (non-hydrogen) atoms. The Labute approximate surface area is 158 Å². The number of rotatable bonds is 5. The summed E-state index contributed by atoms with van der Waals surface area (Å²) in [7, 11) is 0. The van der Waals surface area contributed by atoms with Crippen molar-refractivity contribution in [1.29, 1.82) is 0 Å². The Bertz CT molecular complexity index is 941. The Hall–Kier alpha value is -3.46. The summed E-state index contributed by atoms with van der Waals surface area (Å²) in [6.45, 7) is 1.58. The molecular weight excluding hydrogens is 332 g/mol. The van der Waals surface area contributed by atoms with Gasteiger partial charge in [0.05, 0.1) is 12.5 Å². The fourth-order valence-corrected chi connectivity index (χ4v) is 3.78. The normalized spacial score (nSPS) is 11.3. The molecule has 0 bridgehead atoms. The molecular formula is C24H20N2O. The van der Waals surface area contributed by atoms with Gasteiger partial charge in [-0.1, -0.05) is 91.0 Å². The van der Waals surface area contributed by atoms with E-state index in [1.165, 1.54) is 0 Å². The second kappa shape index (κ2) is 7.04. The van der Waals surface area contributed by atoms with Gasteiger partial charge in [-0.15, -0.1) is 0 Å². The highest BCUT2D eigenvalue weighted by Gasteiger charge is 2.39. The minimum absolute atomic E-state index is 0.0142. The smallest absolute Gasteiger partial charge is 0.177 e. The van der Waals surface area contributed by atoms with Crippen molar-refractivity contribution < 1.29 is 4.79 Å². The van der Waals surface area contributed by atoms with Crippen molar-refractivity contribution >= 4 is 5.78 Å². The first-order valence-electron chi connectivity index (χ1n) is 8.95. The maximum Gasteiger partial charge on any atom is 0.177 e. The van der Waals surface area contributed by atoms with Crippen LogP contribution in [0, 0.1) is 0 Å². The van der Waals surface area contributed by atoms with E-state index in [2.05, 4.69) is 41.4 Å². The number of nitrogens with zero attached hydrogens (tertiary/aromatic N) is 2. The van der Waals surface area contributed by atoms with Crippen LogP contribution < -0.4 is 0 Å². The molecule has 0 aliphatic rings. The Morgan fingerprint density at radius 3 is 1.52 bits per heavy atom. The Morgan fingerprint density at radius 1 is 0.741 bits per heavy atom. The molecule has 0 aliphatic heterocycles. The second-order valence-corrected chi connectivity index (χ2v) is 6.51. The molecule has 0 saturated heterocycles. The van der Waals surface area contributed by atoms with Crippen LogP contribution in [0.15, 0.2) is 104 Å². The largest absolute Gasteiger partial charge is 0.309 e. The van der Waals surface area contributed by atoms with Crippen LogP contribution >= 0.6 is 0 Å². The van der Waals surface area contributed by atoms with Crippen LogP contribution in [-0.2, 0) is 5.54 Å². The molecule has 3 heteroatoms. The summed E-state index contributed by atoms with van der Waals surface area (Å²) >= 11 is 0. The number of hydrogen-bond donors (Lipinski definition) is 0. The molecule has 0 radical (unpaired) electrons. The van der Waals surface area contributed by atoms with Crippen molar-refractivity contribution in [1.82, 2.24) is 9.55 Å². The van der Waals surface area contributed by atoms with Gasteiger partial charge in [-0.05, 0) is 16.7 Å². The van der Waals surface area contributed by atoms with E-state index in [1.807, 2.05) is 59.2 Å². The molecule has 0 fully saturated rings. The van der Waals surface area contributed by atoms with E-state index in [-0.39, 0.29) is 5.78 Å². The predicted molar refractivity (Wildman–Crippen MR) is 107 cm³/mol. The summed E-state index contributed by atoms with van der Waals surface area (Å²) in [5.41, 5.74) is 3.10. The van der Waals surface area contributed by atoms with Crippen molar-refractivity contribution in [2.75, 3.05) is 0 Å². The maximum atomic E-state index is 12.4. The first kappa shape index (κ1) is 17.0. The third kappa shape index (κ3) is 2.77. The molecule has 4 aromatic rings. The minimum atomic E-state index is -0.693. The third-order valence-corrected chi connectivity index (χ3v) is 4.94. The van der Waals surface area contributed by atoms with Crippen molar-refractivity contribution in [3.8, 4) is 0 Å². The number of carbonyl (C=O) groups is 1. The first-order valence-corrected chi connectivity index (χ1v) is 8.95. The molecule has 3 nitrogen and oxygen atoms in total. The monoisotopic (exact) mass is 352 g/mol. The van der Waals surface area contributed by atoms with Gasteiger partial charge in [-0.2, -0.15) is 0 Å². The van der Waals surface area contributed by atoms with E-state index in [1.54, 1.807) is 19.4 Å². The highest BCUT2D eigenvalue weighted by Crippen LogP contribution is 2.41. The van der Waals surface area contributed by atoms with Crippen LogP contribution in [0.25, 0.3) is 0 Å². The number of ketones is 1. The molecule has 4 rings (SSSR count). The van der Waals surface area contributed by atoms with Crippen LogP contribution in [0.2, 0.25) is 0 Å². The van der Waals surface area contributed by atoms with Crippen LogP contribution in [0.3, 0.4) is 0 Å². The lowest BCUT2D eigenvalue weighted by atomic mass is 9.76. The summed E-state index contributed by atoms with van der Waals surface area (Å²) in [6, 6.07) is 30.8. The number of hydrogen-bond acceptors (Lipinski definition) is 2. The van der Waals surface area contributed by atoms with E-state index >= 15 is 0 Å². The number of aromatic nitrogens is 2. The lowest BCUT2D eigenvalue weighted by molar-refractivity contribution is 0.100. The zero-order chi connectivity index (χ0) is 18.7. The van der Waals surface area contributed by atoms with Gasteiger partial charge in [0.1, 0.15) is 11.2 Å². The molecule has 0 aliphatic carbocycles. The zero-order valence-corrected chi connectivity index (χ0v) is 15.1. The predicted octanol–water partition coefficient (Wildman–Crippen LogP) is 4.93. The molecule has 0 unspecified atom stereocenters. The van der Waals surface area contributed by atoms with Crippen molar-refractivity contribution in [3.63, 3.8) is 0 Å². The average Bonchev–Trinajstić information content (AvgIpc) is 3.22. The van der Waals surface area contributed by atoms with Crippen molar-refractivity contribution in [3.05, 3.63) is 126 Å². The van der Waals surface area contributed by atoms with Gasteiger partial charge in [0.25, 0.3) is 0 Å².